The van der Waals surface area contributed by atoms with Gasteiger partial charge in [0.1, 0.15) is 0 Å². The minimum absolute atomic E-state index is 0.0273. The molecule has 0 aromatic rings. The molecule has 0 spiro atoms. The second kappa shape index (κ2) is 7.15. The molecule has 1 unspecified atom stereocenters. The number of alkyl halides is 3. The Morgan fingerprint density at radius 2 is 1.90 bits per heavy atom. The zero-order valence-corrected chi connectivity index (χ0v) is 12.3. The Hall–Kier alpha value is -1.24. The van der Waals surface area contributed by atoms with Crippen LogP contribution in [0.4, 0.5) is 13.2 Å². The summed E-state index contributed by atoms with van der Waals surface area (Å²) in [4.78, 5) is 5.82. The van der Waals surface area contributed by atoms with Crippen LogP contribution in [0, 0.1) is 0 Å². The number of likely N-dealkylation sites (tertiary alicyclic amines) is 1. The van der Waals surface area contributed by atoms with Crippen LogP contribution in [0.2, 0.25) is 0 Å². The highest BCUT2D eigenvalue weighted by Gasteiger charge is 2.34. The lowest BCUT2D eigenvalue weighted by Gasteiger charge is -2.22. The molecule has 2 rings (SSSR count). The number of hydrogen-bond donors (Lipinski definition) is 2. The first-order chi connectivity index (χ1) is 9.96. The Bertz CT molecular complexity index is 384. The van der Waals surface area contributed by atoms with Crippen LogP contribution < -0.4 is 10.6 Å². The summed E-state index contributed by atoms with van der Waals surface area (Å²) in [6, 6.07) is 0.370. The molecule has 1 atom stereocenters. The molecule has 4 nitrogen and oxygen atoms in total. The summed E-state index contributed by atoms with van der Waals surface area (Å²) in [5, 5.41) is 6.60. The average Bonchev–Trinajstić information content (AvgIpc) is 3.00. The number of nitrogens with zero attached hydrogens (tertiary/aromatic N) is 2. The van der Waals surface area contributed by atoms with Crippen molar-refractivity contribution in [2.24, 2.45) is 4.99 Å². The average molecular weight is 304 g/mol. The first kappa shape index (κ1) is 16.1. The van der Waals surface area contributed by atoms with E-state index in [1.165, 1.54) is 4.90 Å². The first-order valence-corrected chi connectivity index (χ1v) is 7.48. The standard InChI is InChI=1S/C14H23F3N4/c1-2-18-13(19-11-5-3-4-6-11)20-12-7-8-21(9-12)10-14(15,16)17/h3-4,11-12H,2,5-10H2,1H3,(H2,18,19,20). The maximum absolute atomic E-state index is 12.4. The molecule has 21 heavy (non-hydrogen) atoms. The van der Waals surface area contributed by atoms with Gasteiger partial charge in [-0.15, -0.1) is 0 Å². The lowest BCUT2D eigenvalue weighted by atomic mass is 10.2. The molecule has 1 aliphatic heterocycles. The lowest BCUT2D eigenvalue weighted by Crippen LogP contribution is -2.48. The van der Waals surface area contributed by atoms with Gasteiger partial charge < -0.3 is 10.6 Å². The monoisotopic (exact) mass is 304 g/mol. The summed E-state index contributed by atoms with van der Waals surface area (Å²) in [6.45, 7) is 2.65. The van der Waals surface area contributed by atoms with E-state index in [1.54, 1.807) is 0 Å². The number of hydrogen-bond acceptors (Lipinski definition) is 2. The minimum atomic E-state index is -4.12. The maximum Gasteiger partial charge on any atom is 0.401 e. The van der Waals surface area contributed by atoms with Gasteiger partial charge in [-0.3, -0.25) is 9.89 Å². The molecule has 1 fully saturated rings. The van der Waals surface area contributed by atoms with Crippen LogP contribution in [0.3, 0.4) is 0 Å². The van der Waals surface area contributed by atoms with Crippen molar-refractivity contribution in [1.82, 2.24) is 15.5 Å². The number of halogens is 3. The summed E-state index contributed by atoms with van der Waals surface area (Å²) in [5.41, 5.74) is 0. The summed E-state index contributed by atoms with van der Waals surface area (Å²) in [7, 11) is 0. The van der Waals surface area contributed by atoms with Gasteiger partial charge in [0.15, 0.2) is 5.96 Å². The van der Waals surface area contributed by atoms with Crippen LogP contribution in [-0.2, 0) is 0 Å². The molecular formula is C14H23F3N4. The molecule has 0 radical (unpaired) electrons. The first-order valence-electron chi connectivity index (χ1n) is 7.48. The molecule has 0 aromatic carbocycles. The van der Waals surface area contributed by atoms with Gasteiger partial charge in [0.25, 0.3) is 0 Å². The van der Waals surface area contributed by atoms with Crippen LogP contribution in [0.5, 0.6) is 0 Å². The number of nitrogens with one attached hydrogen (secondary N) is 2. The summed E-state index contributed by atoms with van der Waals surface area (Å²) in [6.07, 6.45) is 2.78. The van der Waals surface area contributed by atoms with Gasteiger partial charge in [0.2, 0.25) is 0 Å². The maximum atomic E-state index is 12.4. The van der Waals surface area contributed by atoms with Gasteiger partial charge in [-0.1, -0.05) is 12.2 Å². The Labute approximate surface area is 123 Å². The van der Waals surface area contributed by atoms with E-state index in [2.05, 4.69) is 27.8 Å². The van der Waals surface area contributed by atoms with Crippen molar-refractivity contribution in [1.29, 1.82) is 0 Å². The molecule has 0 amide bonds. The smallest absolute Gasteiger partial charge is 0.353 e. The van der Waals surface area contributed by atoms with E-state index < -0.39 is 12.7 Å². The zero-order valence-electron chi connectivity index (χ0n) is 12.3. The summed E-state index contributed by atoms with van der Waals surface area (Å²) in [5.74, 6) is 0.713. The third-order valence-electron chi connectivity index (χ3n) is 3.68. The predicted octanol–water partition coefficient (Wildman–Crippen LogP) is 1.90. The third-order valence-corrected chi connectivity index (χ3v) is 3.68. The molecule has 0 aromatic heterocycles. The van der Waals surface area contributed by atoms with Gasteiger partial charge in [-0.25, -0.2) is 0 Å². The zero-order chi connectivity index (χ0) is 15.3. The molecule has 1 heterocycles. The minimum Gasteiger partial charge on any atom is -0.353 e. The Balaban J connectivity index is 1.80. The fourth-order valence-electron chi connectivity index (χ4n) is 2.76. The van der Waals surface area contributed by atoms with Crippen molar-refractivity contribution in [3.8, 4) is 0 Å². The third kappa shape index (κ3) is 5.57. The molecule has 7 heteroatoms. The predicted molar refractivity (Wildman–Crippen MR) is 77.3 cm³/mol. The van der Waals surface area contributed by atoms with Gasteiger partial charge in [0.05, 0.1) is 6.54 Å². The van der Waals surface area contributed by atoms with E-state index in [4.69, 9.17) is 0 Å². The lowest BCUT2D eigenvalue weighted by molar-refractivity contribution is -0.143. The quantitative estimate of drug-likeness (QED) is 0.473. The molecule has 0 saturated carbocycles. The Morgan fingerprint density at radius 1 is 1.24 bits per heavy atom. The van der Waals surface area contributed by atoms with Crippen molar-refractivity contribution < 1.29 is 13.2 Å². The number of rotatable bonds is 4. The van der Waals surface area contributed by atoms with Crippen molar-refractivity contribution in [3.05, 3.63) is 12.2 Å². The molecule has 120 valence electrons. The van der Waals surface area contributed by atoms with Crippen molar-refractivity contribution >= 4 is 5.96 Å². The van der Waals surface area contributed by atoms with Crippen LogP contribution in [0.1, 0.15) is 26.2 Å². The summed E-state index contributed by atoms with van der Waals surface area (Å²) < 4.78 is 37.1. The molecule has 0 bridgehead atoms. The fraction of sp³-hybridized carbons (Fsp3) is 0.786. The Morgan fingerprint density at radius 3 is 2.52 bits per heavy atom. The molecule has 2 aliphatic rings. The molecular weight excluding hydrogens is 281 g/mol. The molecule has 1 saturated heterocycles. The van der Waals surface area contributed by atoms with E-state index in [1.807, 2.05) is 6.92 Å². The van der Waals surface area contributed by atoms with Crippen molar-refractivity contribution in [2.45, 2.75) is 44.4 Å². The van der Waals surface area contributed by atoms with E-state index in [9.17, 15) is 13.2 Å². The van der Waals surface area contributed by atoms with Gasteiger partial charge in [0, 0.05) is 31.7 Å². The molecule has 2 N–H and O–H groups in total. The highest BCUT2D eigenvalue weighted by atomic mass is 19.4. The largest absolute Gasteiger partial charge is 0.401 e. The van der Waals surface area contributed by atoms with E-state index in [0.717, 1.165) is 12.8 Å². The second-order valence-electron chi connectivity index (χ2n) is 5.59. The Kier molecular flexibility index (Phi) is 5.50. The molecule has 1 aliphatic carbocycles. The van der Waals surface area contributed by atoms with E-state index in [0.29, 0.717) is 38.1 Å². The number of aliphatic imine (C=N–C) groups is 1. The fourth-order valence-corrected chi connectivity index (χ4v) is 2.76. The van der Waals surface area contributed by atoms with E-state index in [-0.39, 0.29) is 6.04 Å². The van der Waals surface area contributed by atoms with Crippen LogP contribution in [0.25, 0.3) is 0 Å². The highest BCUT2D eigenvalue weighted by Crippen LogP contribution is 2.20. The summed E-state index contributed by atoms with van der Waals surface area (Å²) >= 11 is 0. The second-order valence-corrected chi connectivity index (χ2v) is 5.59. The number of guanidine groups is 1. The normalized spacial score (nSPS) is 24.8. The topological polar surface area (TPSA) is 39.7 Å². The highest BCUT2D eigenvalue weighted by molar-refractivity contribution is 5.80. The SMILES string of the molecule is CCN=C(NC1CC=CC1)NC1CCN(CC(F)(F)F)C1. The van der Waals surface area contributed by atoms with Crippen LogP contribution >= 0.6 is 0 Å². The van der Waals surface area contributed by atoms with E-state index >= 15 is 0 Å². The van der Waals surface area contributed by atoms with Crippen molar-refractivity contribution in [2.75, 3.05) is 26.2 Å². The van der Waals surface area contributed by atoms with Crippen LogP contribution in [0.15, 0.2) is 17.1 Å². The van der Waals surface area contributed by atoms with Crippen molar-refractivity contribution in [3.63, 3.8) is 0 Å². The van der Waals surface area contributed by atoms with Gasteiger partial charge in [-0.2, -0.15) is 13.2 Å². The van der Waals surface area contributed by atoms with Gasteiger partial charge >= 0.3 is 6.18 Å². The van der Waals surface area contributed by atoms with Gasteiger partial charge in [-0.05, 0) is 26.2 Å². The van der Waals surface area contributed by atoms with Crippen LogP contribution in [-0.4, -0.2) is 55.3 Å².